The number of halogens is 1. The van der Waals surface area contributed by atoms with Crippen LogP contribution in [-0.2, 0) is 16.2 Å². The van der Waals surface area contributed by atoms with Crippen LogP contribution in [0, 0.1) is 5.82 Å². The summed E-state index contributed by atoms with van der Waals surface area (Å²) >= 11 is 0. The Bertz CT molecular complexity index is 1160. The number of hydrogen-bond acceptors (Lipinski definition) is 6. The Morgan fingerprint density at radius 2 is 1.69 bits per heavy atom. The van der Waals surface area contributed by atoms with Crippen molar-refractivity contribution in [1.82, 2.24) is 5.43 Å². The number of nitrogens with one attached hydrogen (secondary N) is 2. The molecule has 182 valence electrons. The molecule has 0 aliphatic rings. The van der Waals surface area contributed by atoms with Gasteiger partial charge in [-0.2, -0.15) is 5.10 Å². The molecule has 0 radical (unpaired) electrons. The van der Waals surface area contributed by atoms with Crippen molar-refractivity contribution in [3.05, 3.63) is 83.7 Å². The summed E-state index contributed by atoms with van der Waals surface area (Å²) in [5, 5.41) is 6.31. The second kappa shape index (κ2) is 12.7. The van der Waals surface area contributed by atoms with Gasteiger partial charge in [-0.1, -0.05) is 19.1 Å². The predicted octanol–water partition coefficient (Wildman–Crippen LogP) is 4.29. The van der Waals surface area contributed by atoms with Crippen molar-refractivity contribution in [2.75, 3.05) is 19.0 Å². The highest BCUT2D eigenvalue weighted by Crippen LogP contribution is 2.28. The van der Waals surface area contributed by atoms with E-state index < -0.39 is 11.8 Å². The number of hydrogen-bond donors (Lipinski definition) is 2. The van der Waals surface area contributed by atoms with Gasteiger partial charge in [0.1, 0.15) is 18.2 Å². The first-order valence-electron chi connectivity index (χ1n) is 10.9. The second-order valence-corrected chi connectivity index (χ2v) is 7.35. The predicted molar refractivity (Wildman–Crippen MR) is 130 cm³/mol. The van der Waals surface area contributed by atoms with Gasteiger partial charge in [0.05, 0.1) is 19.9 Å². The molecule has 35 heavy (non-hydrogen) atoms. The van der Waals surface area contributed by atoms with Gasteiger partial charge < -0.3 is 19.5 Å². The zero-order chi connectivity index (χ0) is 25.0. The van der Waals surface area contributed by atoms with Crippen LogP contribution in [0.2, 0.25) is 0 Å². The zero-order valence-electron chi connectivity index (χ0n) is 19.4. The first-order valence-corrected chi connectivity index (χ1v) is 10.9. The molecule has 9 heteroatoms. The zero-order valence-corrected chi connectivity index (χ0v) is 19.4. The molecule has 0 aliphatic carbocycles. The normalized spacial score (nSPS) is 10.6. The van der Waals surface area contributed by atoms with Crippen molar-refractivity contribution in [2.45, 2.75) is 20.0 Å². The van der Waals surface area contributed by atoms with E-state index in [0.717, 1.165) is 12.0 Å². The highest BCUT2D eigenvalue weighted by molar-refractivity contribution is 6.39. The van der Waals surface area contributed by atoms with E-state index in [1.54, 1.807) is 54.6 Å². The van der Waals surface area contributed by atoms with E-state index in [1.165, 1.54) is 25.5 Å². The maximum Gasteiger partial charge on any atom is 0.329 e. The van der Waals surface area contributed by atoms with E-state index >= 15 is 0 Å². The van der Waals surface area contributed by atoms with Crippen LogP contribution in [0.3, 0.4) is 0 Å². The molecule has 0 fully saturated rings. The lowest BCUT2D eigenvalue weighted by molar-refractivity contribution is -0.136. The van der Waals surface area contributed by atoms with Crippen molar-refractivity contribution in [3.8, 4) is 17.2 Å². The fraction of sp³-hybridized carbons (Fsp3) is 0.192. The number of ether oxygens (including phenoxy) is 3. The van der Waals surface area contributed by atoms with E-state index in [-0.39, 0.29) is 12.4 Å². The van der Waals surface area contributed by atoms with Gasteiger partial charge in [0.25, 0.3) is 0 Å². The van der Waals surface area contributed by atoms with Crippen LogP contribution >= 0.6 is 0 Å². The number of anilines is 1. The molecule has 2 amide bonds. The minimum atomic E-state index is -0.918. The van der Waals surface area contributed by atoms with Crippen molar-refractivity contribution in [3.63, 3.8) is 0 Å². The van der Waals surface area contributed by atoms with Crippen molar-refractivity contribution < 1.29 is 28.2 Å². The largest absolute Gasteiger partial charge is 0.494 e. The molecule has 0 bridgehead atoms. The number of rotatable bonds is 10. The molecule has 0 atom stereocenters. The monoisotopic (exact) mass is 479 g/mol. The fourth-order valence-corrected chi connectivity index (χ4v) is 2.88. The van der Waals surface area contributed by atoms with Crippen LogP contribution in [0.4, 0.5) is 10.1 Å². The van der Waals surface area contributed by atoms with Gasteiger partial charge in [-0.3, -0.25) is 9.59 Å². The molecular weight excluding hydrogens is 453 g/mol. The molecular formula is C26H26FN3O5. The average molecular weight is 480 g/mol. The fourth-order valence-electron chi connectivity index (χ4n) is 2.88. The Labute approximate surface area is 202 Å². The molecule has 0 aromatic heterocycles. The topological polar surface area (TPSA) is 98.2 Å². The summed E-state index contributed by atoms with van der Waals surface area (Å²) in [5.41, 5.74) is 4.06. The van der Waals surface area contributed by atoms with Crippen LogP contribution in [0.5, 0.6) is 17.2 Å². The SMILES string of the molecule is CCCOc1ccc(NC(=O)C(=O)N/N=C\c2ccc(OCc3ccc(F)cc3)c(OC)c2)cc1. The highest BCUT2D eigenvalue weighted by Gasteiger charge is 2.13. The first-order chi connectivity index (χ1) is 17.0. The Morgan fingerprint density at radius 1 is 0.943 bits per heavy atom. The summed E-state index contributed by atoms with van der Waals surface area (Å²) in [6.45, 7) is 2.85. The van der Waals surface area contributed by atoms with Crippen molar-refractivity contribution in [1.29, 1.82) is 0 Å². The number of carbonyl (C=O) groups is 2. The molecule has 0 spiro atoms. The van der Waals surface area contributed by atoms with E-state index in [0.29, 0.717) is 35.1 Å². The summed E-state index contributed by atoms with van der Waals surface area (Å²) in [4.78, 5) is 24.1. The number of amides is 2. The summed E-state index contributed by atoms with van der Waals surface area (Å²) in [6.07, 6.45) is 2.26. The van der Waals surface area contributed by atoms with Crippen LogP contribution in [0.25, 0.3) is 0 Å². The highest BCUT2D eigenvalue weighted by atomic mass is 19.1. The van der Waals surface area contributed by atoms with Crippen LogP contribution in [-0.4, -0.2) is 31.7 Å². The first kappa shape index (κ1) is 25.2. The maximum atomic E-state index is 13.0. The molecule has 2 N–H and O–H groups in total. The van der Waals surface area contributed by atoms with Gasteiger partial charge in [-0.05, 0) is 72.1 Å². The third-order valence-corrected chi connectivity index (χ3v) is 4.67. The van der Waals surface area contributed by atoms with Gasteiger partial charge in [0, 0.05) is 5.69 Å². The van der Waals surface area contributed by atoms with Crippen LogP contribution in [0.15, 0.2) is 71.8 Å². The molecule has 3 aromatic carbocycles. The van der Waals surface area contributed by atoms with Crippen molar-refractivity contribution >= 4 is 23.7 Å². The van der Waals surface area contributed by atoms with Gasteiger partial charge >= 0.3 is 11.8 Å². The lowest BCUT2D eigenvalue weighted by atomic mass is 10.2. The standard InChI is InChI=1S/C26H26FN3O5/c1-3-14-34-22-11-9-21(10-12-22)29-25(31)26(32)30-28-16-19-6-13-23(24(15-19)33-2)35-17-18-4-7-20(27)8-5-18/h4-13,15-16H,3,14,17H2,1-2H3,(H,29,31)(H,30,32)/b28-16-. The Morgan fingerprint density at radius 3 is 2.37 bits per heavy atom. The maximum absolute atomic E-state index is 13.0. The Kier molecular flexibility index (Phi) is 9.18. The van der Waals surface area contributed by atoms with Gasteiger partial charge in [0.15, 0.2) is 11.5 Å². The van der Waals surface area contributed by atoms with Gasteiger partial charge in [-0.15, -0.1) is 0 Å². The quantitative estimate of drug-likeness (QED) is 0.257. The lowest BCUT2D eigenvalue weighted by Gasteiger charge is -2.11. The summed E-state index contributed by atoms with van der Waals surface area (Å²) in [5.74, 6) is -0.465. The van der Waals surface area contributed by atoms with Crippen LogP contribution in [0.1, 0.15) is 24.5 Å². The van der Waals surface area contributed by atoms with E-state index in [1.807, 2.05) is 6.92 Å². The molecule has 3 rings (SSSR count). The molecule has 0 heterocycles. The minimum absolute atomic E-state index is 0.240. The summed E-state index contributed by atoms with van der Waals surface area (Å²) < 4.78 is 29.6. The number of benzene rings is 3. The number of methoxy groups -OCH3 is 1. The molecule has 0 saturated heterocycles. The summed E-state index contributed by atoms with van der Waals surface area (Å²) in [6, 6.07) is 17.8. The third-order valence-electron chi connectivity index (χ3n) is 4.67. The van der Waals surface area contributed by atoms with Gasteiger partial charge in [-0.25, -0.2) is 9.82 Å². The molecule has 8 nitrogen and oxygen atoms in total. The lowest BCUT2D eigenvalue weighted by Crippen LogP contribution is -2.32. The Hall–Kier alpha value is -4.40. The van der Waals surface area contributed by atoms with Crippen molar-refractivity contribution in [2.24, 2.45) is 5.10 Å². The van der Waals surface area contributed by atoms with Gasteiger partial charge in [0.2, 0.25) is 0 Å². The van der Waals surface area contributed by atoms with E-state index in [4.69, 9.17) is 14.2 Å². The molecule has 0 aliphatic heterocycles. The summed E-state index contributed by atoms with van der Waals surface area (Å²) in [7, 11) is 1.50. The number of hydrazone groups is 1. The molecule has 0 saturated carbocycles. The molecule has 0 unspecified atom stereocenters. The molecule has 3 aromatic rings. The minimum Gasteiger partial charge on any atom is -0.494 e. The van der Waals surface area contributed by atoms with Crippen LogP contribution < -0.4 is 25.0 Å². The second-order valence-electron chi connectivity index (χ2n) is 7.35. The van der Waals surface area contributed by atoms with E-state index in [9.17, 15) is 14.0 Å². The number of carbonyl (C=O) groups excluding carboxylic acids is 2. The average Bonchev–Trinajstić information content (AvgIpc) is 2.88. The number of nitrogens with zero attached hydrogens (tertiary/aromatic N) is 1. The van der Waals surface area contributed by atoms with E-state index in [2.05, 4.69) is 15.8 Å². The smallest absolute Gasteiger partial charge is 0.329 e. The third kappa shape index (κ3) is 7.85. The Balaban J connectivity index is 1.51.